The molecular weight excluding hydrogens is 472 g/mol. The molecule has 0 bridgehead atoms. The first-order chi connectivity index (χ1) is 18.6. The normalized spacial score (nSPS) is 16.6. The first-order valence-corrected chi connectivity index (χ1v) is 13.9. The van der Waals surface area contributed by atoms with Crippen molar-refractivity contribution in [2.45, 2.75) is 52.4 Å². The van der Waals surface area contributed by atoms with Crippen LogP contribution < -0.4 is 0 Å². The van der Waals surface area contributed by atoms with Crippen molar-refractivity contribution >= 4 is 0 Å². The molecule has 194 valence electrons. The van der Waals surface area contributed by atoms with E-state index in [9.17, 15) is 0 Å². The first kappa shape index (κ1) is 25.2. The highest BCUT2D eigenvalue weighted by molar-refractivity contribution is 5.85. The van der Waals surface area contributed by atoms with Gasteiger partial charge in [-0.3, -0.25) is 0 Å². The molecule has 39 heavy (non-hydrogen) atoms. The standard InChI is InChI=1S/C37H36N2/c1-35(2)30-22-28(25-16-10-7-11-17-25)29(23-31(30)36(3,4)37(35,5)6)34-38-32(26-18-12-8-13-19-26)24-33(39-34)27-20-14-9-15-21-27/h7-24H,1-6H3. The first-order valence-electron chi connectivity index (χ1n) is 13.9. The van der Waals surface area contributed by atoms with Gasteiger partial charge in [0.2, 0.25) is 0 Å². The lowest BCUT2D eigenvalue weighted by atomic mass is 9.59. The third kappa shape index (κ3) is 3.93. The molecule has 1 heterocycles. The average Bonchev–Trinajstić information content (AvgIpc) is 3.07. The van der Waals surface area contributed by atoms with Crippen molar-refractivity contribution in [2.24, 2.45) is 5.41 Å². The molecule has 1 aliphatic carbocycles. The molecule has 6 rings (SSSR count). The van der Waals surface area contributed by atoms with Gasteiger partial charge in [0.1, 0.15) is 0 Å². The molecule has 0 saturated heterocycles. The second-order valence-electron chi connectivity index (χ2n) is 12.4. The van der Waals surface area contributed by atoms with Crippen molar-refractivity contribution in [2.75, 3.05) is 0 Å². The van der Waals surface area contributed by atoms with Crippen molar-refractivity contribution < 1.29 is 0 Å². The van der Waals surface area contributed by atoms with Gasteiger partial charge in [-0.1, -0.05) is 133 Å². The fourth-order valence-corrected chi connectivity index (χ4v) is 6.21. The van der Waals surface area contributed by atoms with Gasteiger partial charge in [-0.25, -0.2) is 9.97 Å². The topological polar surface area (TPSA) is 25.8 Å². The third-order valence-corrected chi connectivity index (χ3v) is 9.82. The monoisotopic (exact) mass is 508 g/mol. The number of fused-ring (bicyclic) bond motifs is 1. The molecule has 0 N–H and O–H groups in total. The van der Waals surface area contributed by atoms with Gasteiger partial charge in [0.25, 0.3) is 0 Å². The maximum Gasteiger partial charge on any atom is 0.161 e. The Morgan fingerprint density at radius 3 is 1.26 bits per heavy atom. The molecular formula is C37H36N2. The summed E-state index contributed by atoms with van der Waals surface area (Å²) in [6.07, 6.45) is 0. The van der Waals surface area contributed by atoms with E-state index in [2.05, 4.69) is 139 Å². The van der Waals surface area contributed by atoms with Crippen molar-refractivity contribution in [3.63, 3.8) is 0 Å². The fourth-order valence-electron chi connectivity index (χ4n) is 6.21. The highest BCUT2D eigenvalue weighted by atomic mass is 14.9. The van der Waals surface area contributed by atoms with E-state index < -0.39 is 0 Å². The second-order valence-corrected chi connectivity index (χ2v) is 12.4. The smallest absolute Gasteiger partial charge is 0.161 e. The number of nitrogens with zero attached hydrogens (tertiary/aromatic N) is 2. The lowest BCUT2D eigenvalue weighted by Gasteiger charge is -2.44. The molecule has 5 aromatic rings. The zero-order valence-electron chi connectivity index (χ0n) is 23.8. The summed E-state index contributed by atoms with van der Waals surface area (Å²) >= 11 is 0. The summed E-state index contributed by atoms with van der Waals surface area (Å²) in [7, 11) is 0. The Labute approximate surface area is 232 Å². The van der Waals surface area contributed by atoms with Crippen LogP contribution in [0.2, 0.25) is 0 Å². The van der Waals surface area contributed by atoms with Crippen LogP contribution in [0.25, 0.3) is 45.0 Å². The van der Waals surface area contributed by atoms with Gasteiger partial charge in [-0.15, -0.1) is 0 Å². The number of rotatable bonds is 4. The summed E-state index contributed by atoms with van der Waals surface area (Å²) in [5, 5.41) is 0. The summed E-state index contributed by atoms with van der Waals surface area (Å²) in [6.45, 7) is 14.4. The number of benzene rings is 4. The van der Waals surface area contributed by atoms with Gasteiger partial charge in [0.15, 0.2) is 5.82 Å². The Bertz CT molecular complexity index is 1590. The van der Waals surface area contributed by atoms with Gasteiger partial charge >= 0.3 is 0 Å². The molecule has 0 aliphatic heterocycles. The Morgan fingerprint density at radius 1 is 0.436 bits per heavy atom. The summed E-state index contributed by atoms with van der Waals surface area (Å²) in [5.74, 6) is 0.759. The Balaban J connectivity index is 1.68. The molecule has 1 aliphatic rings. The second kappa shape index (κ2) is 9.02. The van der Waals surface area contributed by atoms with Crippen LogP contribution in [0.5, 0.6) is 0 Å². The molecule has 1 aromatic heterocycles. The average molecular weight is 509 g/mol. The van der Waals surface area contributed by atoms with Crippen molar-refractivity contribution in [3.8, 4) is 45.0 Å². The highest BCUT2D eigenvalue weighted by Gasteiger charge is 2.57. The fraction of sp³-hybridized carbons (Fsp3) is 0.243. The van der Waals surface area contributed by atoms with Gasteiger partial charge in [-0.2, -0.15) is 0 Å². The van der Waals surface area contributed by atoms with Crippen LogP contribution in [0.4, 0.5) is 0 Å². The minimum atomic E-state index is -0.0187. The number of hydrogen-bond donors (Lipinski definition) is 0. The lowest BCUT2D eigenvalue weighted by molar-refractivity contribution is 0.125. The maximum absolute atomic E-state index is 5.22. The molecule has 2 nitrogen and oxygen atoms in total. The van der Waals surface area contributed by atoms with Crippen LogP contribution in [0.1, 0.15) is 52.7 Å². The third-order valence-electron chi connectivity index (χ3n) is 9.82. The van der Waals surface area contributed by atoms with Crippen LogP contribution >= 0.6 is 0 Å². The summed E-state index contributed by atoms with van der Waals surface area (Å²) in [4.78, 5) is 10.4. The van der Waals surface area contributed by atoms with Crippen LogP contribution in [0, 0.1) is 5.41 Å². The van der Waals surface area contributed by atoms with E-state index in [1.807, 2.05) is 12.1 Å². The SMILES string of the molecule is CC1(C)c2cc(-c3ccccc3)c(-c3nc(-c4ccccc4)cc(-c4ccccc4)n3)cc2C(C)(C)C1(C)C. The molecule has 0 fully saturated rings. The molecule has 2 heteroatoms. The van der Waals surface area contributed by atoms with Crippen LogP contribution in [0.15, 0.2) is 109 Å². The van der Waals surface area contributed by atoms with Crippen LogP contribution in [0.3, 0.4) is 0 Å². The van der Waals surface area contributed by atoms with Gasteiger partial charge in [0.05, 0.1) is 11.4 Å². The number of hydrogen-bond acceptors (Lipinski definition) is 2. The van der Waals surface area contributed by atoms with Gasteiger partial charge in [-0.05, 0) is 56.7 Å². The Kier molecular flexibility index (Phi) is 5.84. The summed E-state index contributed by atoms with van der Waals surface area (Å²) in [6, 6.07) is 38.5. The van der Waals surface area contributed by atoms with Crippen molar-refractivity contribution in [1.82, 2.24) is 9.97 Å². The van der Waals surface area contributed by atoms with Crippen molar-refractivity contribution in [3.05, 3.63) is 120 Å². The highest BCUT2D eigenvalue weighted by Crippen LogP contribution is 2.62. The van der Waals surface area contributed by atoms with E-state index in [1.54, 1.807) is 0 Å². The van der Waals surface area contributed by atoms with E-state index >= 15 is 0 Å². The van der Waals surface area contributed by atoms with Crippen LogP contribution in [-0.2, 0) is 10.8 Å². The molecule has 0 saturated carbocycles. The summed E-state index contributed by atoms with van der Waals surface area (Å²) in [5.41, 5.74) is 10.3. The molecule has 0 amide bonds. The van der Waals surface area contributed by atoms with E-state index in [0.717, 1.165) is 33.9 Å². The maximum atomic E-state index is 5.22. The zero-order valence-corrected chi connectivity index (χ0v) is 23.8. The predicted molar refractivity (Wildman–Crippen MR) is 164 cm³/mol. The molecule has 0 radical (unpaired) electrons. The Hall–Kier alpha value is -4.04. The van der Waals surface area contributed by atoms with E-state index in [0.29, 0.717) is 0 Å². The Morgan fingerprint density at radius 2 is 0.821 bits per heavy atom. The summed E-state index contributed by atoms with van der Waals surface area (Å²) < 4.78 is 0. The molecule has 0 atom stereocenters. The lowest BCUT2D eigenvalue weighted by Crippen LogP contribution is -2.42. The number of aromatic nitrogens is 2. The van der Waals surface area contributed by atoms with Crippen molar-refractivity contribution in [1.29, 1.82) is 0 Å². The predicted octanol–water partition coefficient (Wildman–Crippen LogP) is 9.74. The van der Waals surface area contributed by atoms with Gasteiger partial charge < -0.3 is 0 Å². The largest absolute Gasteiger partial charge is 0.228 e. The zero-order chi connectivity index (χ0) is 27.4. The van der Waals surface area contributed by atoms with Gasteiger partial charge in [0, 0.05) is 16.7 Å². The van der Waals surface area contributed by atoms with E-state index in [4.69, 9.17) is 9.97 Å². The minimum Gasteiger partial charge on any atom is -0.228 e. The van der Waals surface area contributed by atoms with E-state index in [1.165, 1.54) is 22.3 Å². The molecule has 0 unspecified atom stereocenters. The molecule has 4 aromatic carbocycles. The molecule has 0 spiro atoms. The van der Waals surface area contributed by atoms with E-state index in [-0.39, 0.29) is 16.2 Å². The quantitative estimate of drug-likeness (QED) is 0.241. The minimum absolute atomic E-state index is 0.00976. The van der Waals surface area contributed by atoms with Crippen LogP contribution in [-0.4, -0.2) is 9.97 Å².